The summed E-state index contributed by atoms with van der Waals surface area (Å²) in [6.45, 7) is 3.46. The van der Waals surface area contributed by atoms with Crippen molar-refractivity contribution in [2.45, 2.75) is 32.9 Å². The first kappa shape index (κ1) is 15.4. The molecule has 0 aliphatic heterocycles. The van der Waals surface area contributed by atoms with E-state index in [0.717, 1.165) is 5.56 Å². The smallest absolute Gasteiger partial charge is 0.265 e. The van der Waals surface area contributed by atoms with Crippen molar-refractivity contribution in [2.75, 3.05) is 5.32 Å². The normalized spacial score (nSPS) is 20.9. The number of carbonyl (C=O) groups is 1. The summed E-state index contributed by atoms with van der Waals surface area (Å²) >= 11 is 0. The third kappa shape index (κ3) is 2.77. The lowest BCUT2D eigenvalue weighted by Crippen LogP contribution is -2.32. The summed E-state index contributed by atoms with van der Waals surface area (Å²) in [6.07, 6.45) is 5.44. The number of anilines is 1. The molecule has 1 aliphatic carbocycles. The molecule has 0 radical (unpaired) electrons. The Bertz CT molecular complexity index is 854. The largest absolute Gasteiger partial charge is 0.391 e. The molecule has 0 bridgehead atoms. The molecule has 0 saturated heterocycles. The molecular weight excluding hydrogens is 294 g/mol. The van der Waals surface area contributed by atoms with E-state index in [4.69, 9.17) is 0 Å². The number of nitrogens with zero attached hydrogens (tertiary/aromatic N) is 2. The van der Waals surface area contributed by atoms with Crippen LogP contribution >= 0.6 is 0 Å². The van der Waals surface area contributed by atoms with E-state index >= 15 is 0 Å². The van der Waals surface area contributed by atoms with Gasteiger partial charge in [-0.3, -0.25) is 14.0 Å². The van der Waals surface area contributed by atoms with Crippen LogP contribution in [0.2, 0.25) is 0 Å². The van der Waals surface area contributed by atoms with Crippen molar-refractivity contribution in [3.05, 3.63) is 52.0 Å². The fraction of sp³-hybridized carbons (Fsp3) is 0.353. The number of hydrogen-bond acceptors (Lipinski definition) is 5. The molecule has 2 atom stereocenters. The molecule has 2 aromatic heterocycles. The highest BCUT2D eigenvalue weighted by Gasteiger charge is 2.23. The number of hydrogen-bond donors (Lipinski definition) is 2. The Balaban J connectivity index is 2.10. The van der Waals surface area contributed by atoms with Crippen molar-refractivity contribution in [2.24, 2.45) is 5.92 Å². The Morgan fingerprint density at radius 2 is 2.22 bits per heavy atom. The topological polar surface area (TPSA) is 83.7 Å². The third-order valence-electron chi connectivity index (χ3n) is 4.23. The van der Waals surface area contributed by atoms with Gasteiger partial charge in [-0.15, -0.1) is 0 Å². The molecule has 1 aliphatic rings. The zero-order chi connectivity index (χ0) is 16.6. The van der Waals surface area contributed by atoms with Crippen LogP contribution in [0.5, 0.6) is 0 Å². The highest BCUT2D eigenvalue weighted by Crippen LogP contribution is 2.21. The van der Waals surface area contributed by atoms with E-state index in [1.165, 1.54) is 4.40 Å². The van der Waals surface area contributed by atoms with Gasteiger partial charge in [-0.2, -0.15) is 0 Å². The number of fused-ring (bicyclic) bond motifs is 1. The summed E-state index contributed by atoms with van der Waals surface area (Å²) in [5.74, 6) is 0.569. The first-order valence-electron chi connectivity index (χ1n) is 7.60. The molecule has 0 amide bonds. The van der Waals surface area contributed by atoms with E-state index < -0.39 is 6.61 Å². The van der Waals surface area contributed by atoms with Crippen LogP contribution in [0.1, 0.15) is 24.5 Å². The fourth-order valence-electron chi connectivity index (χ4n) is 2.86. The third-order valence-corrected chi connectivity index (χ3v) is 4.23. The number of aliphatic hydroxyl groups is 1. The van der Waals surface area contributed by atoms with Crippen LogP contribution in [-0.4, -0.2) is 26.3 Å². The number of allylic oxidation sites excluding steroid dienone is 1. The van der Waals surface area contributed by atoms with E-state index in [1.54, 1.807) is 24.4 Å². The highest BCUT2D eigenvalue weighted by molar-refractivity contribution is 5.91. The minimum Gasteiger partial charge on any atom is -0.391 e. The summed E-state index contributed by atoms with van der Waals surface area (Å²) in [7, 11) is 0. The Kier molecular flexibility index (Phi) is 4.00. The lowest BCUT2D eigenvalue weighted by atomic mass is 9.90. The SMILES string of the molecule is Cc1cccn2c(=O)c(CO)c(NC3C=CC(=O)CC3C)nc12. The number of ketones is 1. The Morgan fingerprint density at radius 1 is 1.43 bits per heavy atom. The van der Waals surface area contributed by atoms with E-state index in [0.29, 0.717) is 17.9 Å². The Morgan fingerprint density at radius 3 is 2.91 bits per heavy atom. The minimum atomic E-state index is -0.394. The van der Waals surface area contributed by atoms with Crippen LogP contribution in [0.3, 0.4) is 0 Å². The molecular formula is C17H19N3O3. The Hall–Kier alpha value is -2.47. The highest BCUT2D eigenvalue weighted by atomic mass is 16.3. The molecule has 0 spiro atoms. The van der Waals surface area contributed by atoms with Crippen LogP contribution < -0.4 is 10.9 Å². The zero-order valence-electron chi connectivity index (χ0n) is 13.1. The van der Waals surface area contributed by atoms with Crippen LogP contribution in [-0.2, 0) is 11.4 Å². The molecule has 23 heavy (non-hydrogen) atoms. The van der Waals surface area contributed by atoms with E-state index in [-0.39, 0.29) is 28.9 Å². The number of aromatic nitrogens is 2. The van der Waals surface area contributed by atoms with Crippen molar-refractivity contribution < 1.29 is 9.90 Å². The second-order valence-electron chi connectivity index (χ2n) is 5.96. The van der Waals surface area contributed by atoms with Gasteiger partial charge >= 0.3 is 0 Å². The van der Waals surface area contributed by atoms with Crippen LogP contribution in [0.4, 0.5) is 5.82 Å². The number of aliphatic hydroxyl groups excluding tert-OH is 1. The van der Waals surface area contributed by atoms with Crippen LogP contribution in [0, 0.1) is 12.8 Å². The summed E-state index contributed by atoms with van der Waals surface area (Å²) < 4.78 is 1.44. The molecule has 2 heterocycles. The molecule has 3 rings (SSSR count). The summed E-state index contributed by atoms with van der Waals surface area (Å²) in [4.78, 5) is 28.5. The number of nitrogens with one attached hydrogen (secondary N) is 1. The van der Waals surface area contributed by atoms with E-state index in [9.17, 15) is 14.7 Å². The molecule has 0 fully saturated rings. The van der Waals surface area contributed by atoms with Gasteiger partial charge in [0.1, 0.15) is 11.5 Å². The lowest BCUT2D eigenvalue weighted by molar-refractivity contribution is -0.115. The number of rotatable bonds is 3. The second kappa shape index (κ2) is 5.96. The fourth-order valence-corrected chi connectivity index (χ4v) is 2.86. The van der Waals surface area contributed by atoms with Crippen LogP contribution in [0.25, 0.3) is 5.65 Å². The molecule has 0 saturated carbocycles. The van der Waals surface area contributed by atoms with Gasteiger partial charge in [-0.1, -0.05) is 19.1 Å². The first-order valence-corrected chi connectivity index (χ1v) is 7.60. The van der Waals surface area contributed by atoms with Gasteiger partial charge in [0.25, 0.3) is 5.56 Å². The van der Waals surface area contributed by atoms with E-state index in [2.05, 4.69) is 10.3 Å². The van der Waals surface area contributed by atoms with Crippen molar-refractivity contribution in [3.63, 3.8) is 0 Å². The van der Waals surface area contributed by atoms with Gasteiger partial charge in [-0.05, 0) is 30.5 Å². The maximum absolute atomic E-state index is 12.6. The predicted molar refractivity (Wildman–Crippen MR) is 87.5 cm³/mol. The van der Waals surface area contributed by atoms with Crippen molar-refractivity contribution in [1.29, 1.82) is 0 Å². The van der Waals surface area contributed by atoms with Gasteiger partial charge in [0.05, 0.1) is 12.2 Å². The van der Waals surface area contributed by atoms with Crippen molar-refractivity contribution >= 4 is 17.2 Å². The molecule has 6 heteroatoms. The molecule has 6 nitrogen and oxygen atoms in total. The molecule has 2 aromatic rings. The number of pyridine rings is 1. The quantitative estimate of drug-likeness (QED) is 0.896. The molecule has 120 valence electrons. The van der Waals surface area contributed by atoms with Crippen molar-refractivity contribution in [1.82, 2.24) is 9.38 Å². The Labute approximate surface area is 133 Å². The molecule has 0 aromatic carbocycles. The predicted octanol–water partition coefficient (Wildman–Crippen LogP) is 1.44. The zero-order valence-corrected chi connectivity index (χ0v) is 13.1. The first-order chi connectivity index (χ1) is 11.0. The summed E-state index contributed by atoms with van der Waals surface area (Å²) in [6, 6.07) is 3.56. The van der Waals surface area contributed by atoms with Gasteiger partial charge in [0.15, 0.2) is 5.78 Å². The van der Waals surface area contributed by atoms with Crippen LogP contribution in [0.15, 0.2) is 35.3 Å². The monoisotopic (exact) mass is 313 g/mol. The number of carbonyl (C=O) groups excluding carboxylic acids is 1. The van der Waals surface area contributed by atoms with Gasteiger partial charge in [-0.25, -0.2) is 4.98 Å². The van der Waals surface area contributed by atoms with Crippen molar-refractivity contribution in [3.8, 4) is 0 Å². The van der Waals surface area contributed by atoms with Gasteiger partial charge < -0.3 is 10.4 Å². The lowest BCUT2D eigenvalue weighted by Gasteiger charge is -2.26. The second-order valence-corrected chi connectivity index (χ2v) is 5.96. The number of aryl methyl sites for hydroxylation is 1. The molecule has 2 unspecified atom stereocenters. The average molecular weight is 313 g/mol. The summed E-state index contributed by atoms with van der Waals surface area (Å²) in [5, 5.41) is 12.8. The maximum Gasteiger partial charge on any atom is 0.265 e. The summed E-state index contributed by atoms with van der Waals surface area (Å²) in [5.41, 5.74) is 1.37. The average Bonchev–Trinajstić information content (AvgIpc) is 2.51. The van der Waals surface area contributed by atoms with Gasteiger partial charge in [0.2, 0.25) is 0 Å². The standard InChI is InChI=1S/C17H19N3O3/c1-10-4-3-7-20-16(10)19-15(13(9-21)17(20)23)18-14-6-5-12(22)8-11(14)2/h3-7,11,14,18,21H,8-9H2,1-2H3. The maximum atomic E-state index is 12.6. The minimum absolute atomic E-state index is 0.0937. The van der Waals surface area contributed by atoms with E-state index in [1.807, 2.05) is 19.9 Å². The van der Waals surface area contributed by atoms with Gasteiger partial charge in [0, 0.05) is 18.7 Å². The molecule has 2 N–H and O–H groups in total.